The van der Waals surface area contributed by atoms with Crippen molar-refractivity contribution in [3.05, 3.63) is 35.6 Å². The van der Waals surface area contributed by atoms with Gasteiger partial charge in [-0.25, -0.2) is 4.39 Å². The highest BCUT2D eigenvalue weighted by Gasteiger charge is 2.20. The molecule has 0 radical (unpaired) electrons. The van der Waals surface area contributed by atoms with E-state index in [1.165, 1.54) is 38.1 Å². The molecule has 1 fully saturated rings. The van der Waals surface area contributed by atoms with Gasteiger partial charge in [0.2, 0.25) is 0 Å². The van der Waals surface area contributed by atoms with Crippen LogP contribution in [0.1, 0.15) is 31.7 Å². The lowest BCUT2D eigenvalue weighted by atomic mass is 10.2. The number of aliphatic imine (C=N–C) groups is 1. The molecule has 5 heteroatoms. The normalized spacial score (nSPS) is 17.5. The van der Waals surface area contributed by atoms with Gasteiger partial charge in [-0.2, -0.15) is 0 Å². The van der Waals surface area contributed by atoms with Crippen LogP contribution in [0, 0.1) is 5.82 Å². The van der Waals surface area contributed by atoms with Crippen LogP contribution >= 0.6 is 0 Å². The summed E-state index contributed by atoms with van der Waals surface area (Å²) in [5.74, 6) is 0.588. The first kappa shape index (κ1) is 16.7. The van der Waals surface area contributed by atoms with E-state index in [0.717, 1.165) is 24.5 Å². The predicted molar refractivity (Wildman–Crippen MR) is 89.5 cm³/mol. The molecule has 22 heavy (non-hydrogen) atoms. The van der Waals surface area contributed by atoms with Crippen LogP contribution in [0.25, 0.3) is 0 Å². The summed E-state index contributed by atoms with van der Waals surface area (Å²) in [4.78, 5) is 6.81. The Morgan fingerprint density at radius 1 is 1.23 bits per heavy atom. The van der Waals surface area contributed by atoms with E-state index in [-0.39, 0.29) is 5.82 Å². The Morgan fingerprint density at radius 3 is 2.50 bits per heavy atom. The molecular weight excluding hydrogens is 279 g/mol. The lowest BCUT2D eigenvalue weighted by Crippen LogP contribution is -2.46. The number of guanidine groups is 1. The second-order valence-electron chi connectivity index (χ2n) is 5.74. The summed E-state index contributed by atoms with van der Waals surface area (Å²) in [7, 11) is 1.77. The summed E-state index contributed by atoms with van der Waals surface area (Å²) in [6, 6.07) is 7.09. The summed E-state index contributed by atoms with van der Waals surface area (Å²) in [6.07, 6.45) is 3.77. The SMILES string of the molecule is CCC(CNC(=NC)NCc1ccc(F)cc1)N1CCCC1. The second-order valence-corrected chi connectivity index (χ2v) is 5.74. The number of benzene rings is 1. The molecule has 2 N–H and O–H groups in total. The molecule has 122 valence electrons. The quantitative estimate of drug-likeness (QED) is 0.626. The zero-order valence-corrected chi connectivity index (χ0v) is 13.6. The molecule has 0 aromatic heterocycles. The topological polar surface area (TPSA) is 39.7 Å². The van der Waals surface area contributed by atoms with Crippen LogP contribution in [0.5, 0.6) is 0 Å². The van der Waals surface area contributed by atoms with E-state index < -0.39 is 0 Å². The number of likely N-dealkylation sites (tertiary alicyclic amines) is 1. The van der Waals surface area contributed by atoms with Crippen LogP contribution in [0.3, 0.4) is 0 Å². The van der Waals surface area contributed by atoms with Gasteiger partial charge < -0.3 is 10.6 Å². The van der Waals surface area contributed by atoms with E-state index >= 15 is 0 Å². The number of hydrogen-bond acceptors (Lipinski definition) is 2. The van der Waals surface area contributed by atoms with Crippen LogP contribution < -0.4 is 10.6 Å². The Hall–Kier alpha value is -1.62. The number of nitrogens with zero attached hydrogens (tertiary/aromatic N) is 2. The van der Waals surface area contributed by atoms with Crippen LogP contribution in [-0.4, -0.2) is 43.6 Å². The largest absolute Gasteiger partial charge is 0.355 e. The van der Waals surface area contributed by atoms with E-state index in [4.69, 9.17) is 0 Å². The van der Waals surface area contributed by atoms with Crippen molar-refractivity contribution >= 4 is 5.96 Å². The van der Waals surface area contributed by atoms with Crippen molar-refractivity contribution in [1.29, 1.82) is 0 Å². The summed E-state index contributed by atoms with van der Waals surface area (Å²) >= 11 is 0. The molecule has 1 saturated heterocycles. The van der Waals surface area contributed by atoms with Crippen molar-refractivity contribution in [2.45, 2.75) is 38.8 Å². The Bertz CT molecular complexity index is 466. The van der Waals surface area contributed by atoms with Crippen LogP contribution in [0.15, 0.2) is 29.3 Å². The van der Waals surface area contributed by atoms with E-state index in [1.807, 2.05) is 0 Å². The highest BCUT2D eigenvalue weighted by atomic mass is 19.1. The molecule has 1 aromatic rings. The Morgan fingerprint density at radius 2 is 1.91 bits per heavy atom. The zero-order valence-electron chi connectivity index (χ0n) is 13.6. The second kappa shape index (κ2) is 8.73. The number of hydrogen-bond donors (Lipinski definition) is 2. The summed E-state index contributed by atoms with van der Waals surface area (Å²) in [5.41, 5.74) is 1.04. The Balaban J connectivity index is 1.77. The smallest absolute Gasteiger partial charge is 0.191 e. The van der Waals surface area contributed by atoms with Gasteiger partial charge >= 0.3 is 0 Å². The monoisotopic (exact) mass is 306 g/mol. The maximum atomic E-state index is 12.9. The molecule has 0 aliphatic carbocycles. The standard InChI is InChI=1S/C17H27FN4/c1-3-16(22-10-4-5-11-22)13-21-17(19-2)20-12-14-6-8-15(18)9-7-14/h6-9,16H,3-5,10-13H2,1-2H3,(H2,19,20,21). The molecule has 1 aromatic carbocycles. The first-order valence-electron chi connectivity index (χ1n) is 8.16. The van der Waals surface area contributed by atoms with E-state index in [9.17, 15) is 4.39 Å². The first-order valence-corrected chi connectivity index (χ1v) is 8.16. The van der Waals surface area contributed by atoms with Crippen molar-refractivity contribution in [1.82, 2.24) is 15.5 Å². The average Bonchev–Trinajstić information content (AvgIpc) is 3.07. The molecular formula is C17H27FN4. The molecule has 0 bridgehead atoms. The molecule has 4 nitrogen and oxygen atoms in total. The molecule has 0 spiro atoms. The van der Waals surface area contributed by atoms with E-state index in [0.29, 0.717) is 12.6 Å². The van der Waals surface area contributed by atoms with Gasteiger partial charge in [0, 0.05) is 26.2 Å². The molecule has 1 aliphatic rings. The molecule has 1 heterocycles. The first-order chi connectivity index (χ1) is 10.7. The number of rotatable bonds is 6. The van der Waals surface area contributed by atoms with Crippen molar-refractivity contribution in [2.24, 2.45) is 4.99 Å². The van der Waals surface area contributed by atoms with Gasteiger partial charge in [0.05, 0.1) is 0 Å². The Labute approximate surface area is 132 Å². The fourth-order valence-corrected chi connectivity index (χ4v) is 2.86. The minimum absolute atomic E-state index is 0.206. The third-order valence-electron chi connectivity index (χ3n) is 4.23. The van der Waals surface area contributed by atoms with Crippen LogP contribution in [0.4, 0.5) is 4.39 Å². The van der Waals surface area contributed by atoms with Crippen molar-refractivity contribution in [2.75, 3.05) is 26.7 Å². The van der Waals surface area contributed by atoms with Gasteiger partial charge in [0.1, 0.15) is 5.82 Å². The van der Waals surface area contributed by atoms with Gasteiger partial charge in [-0.1, -0.05) is 19.1 Å². The third-order valence-corrected chi connectivity index (χ3v) is 4.23. The van der Waals surface area contributed by atoms with Crippen molar-refractivity contribution in [3.63, 3.8) is 0 Å². The molecule has 1 aliphatic heterocycles. The maximum absolute atomic E-state index is 12.9. The molecule has 1 atom stereocenters. The highest BCUT2D eigenvalue weighted by Crippen LogP contribution is 2.13. The van der Waals surface area contributed by atoms with Gasteiger partial charge in [0.25, 0.3) is 0 Å². The zero-order chi connectivity index (χ0) is 15.8. The van der Waals surface area contributed by atoms with Gasteiger partial charge in [0.15, 0.2) is 5.96 Å². The lowest BCUT2D eigenvalue weighted by Gasteiger charge is -2.27. The van der Waals surface area contributed by atoms with Gasteiger partial charge in [-0.05, 0) is 50.0 Å². The maximum Gasteiger partial charge on any atom is 0.191 e. The van der Waals surface area contributed by atoms with Gasteiger partial charge in [-0.3, -0.25) is 9.89 Å². The number of nitrogens with one attached hydrogen (secondary N) is 2. The van der Waals surface area contributed by atoms with Crippen LogP contribution in [-0.2, 0) is 6.54 Å². The van der Waals surface area contributed by atoms with Crippen LogP contribution in [0.2, 0.25) is 0 Å². The average molecular weight is 306 g/mol. The predicted octanol–water partition coefficient (Wildman–Crippen LogP) is 2.37. The van der Waals surface area contributed by atoms with Crippen molar-refractivity contribution < 1.29 is 4.39 Å². The van der Waals surface area contributed by atoms with E-state index in [1.54, 1.807) is 19.2 Å². The fourth-order valence-electron chi connectivity index (χ4n) is 2.86. The molecule has 2 rings (SSSR count). The third kappa shape index (κ3) is 4.98. The summed E-state index contributed by atoms with van der Waals surface area (Å²) in [6.45, 7) is 6.20. The molecule has 0 saturated carbocycles. The Kier molecular flexibility index (Phi) is 6.65. The molecule has 1 unspecified atom stereocenters. The van der Waals surface area contributed by atoms with Gasteiger partial charge in [-0.15, -0.1) is 0 Å². The lowest BCUT2D eigenvalue weighted by molar-refractivity contribution is 0.236. The number of halogens is 1. The minimum Gasteiger partial charge on any atom is -0.355 e. The summed E-state index contributed by atoms with van der Waals surface area (Å²) in [5, 5.41) is 6.68. The fraction of sp³-hybridized carbons (Fsp3) is 0.588. The minimum atomic E-state index is -0.206. The van der Waals surface area contributed by atoms with Crippen molar-refractivity contribution in [3.8, 4) is 0 Å². The van der Waals surface area contributed by atoms with E-state index in [2.05, 4.69) is 27.4 Å². The highest BCUT2D eigenvalue weighted by molar-refractivity contribution is 5.79. The molecule has 0 amide bonds. The summed E-state index contributed by atoms with van der Waals surface area (Å²) < 4.78 is 12.9.